The number of hydrogen-bond donors (Lipinski definition) is 1. The summed E-state index contributed by atoms with van der Waals surface area (Å²) in [4.78, 5) is 21.2. The van der Waals surface area contributed by atoms with Crippen LogP contribution in [0.3, 0.4) is 0 Å². The molecule has 2 fully saturated rings. The zero-order valence-corrected chi connectivity index (χ0v) is 17.4. The molecule has 0 amide bonds. The fourth-order valence-electron chi connectivity index (χ4n) is 4.06. The van der Waals surface area contributed by atoms with E-state index >= 15 is 0 Å². The van der Waals surface area contributed by atoms with Crippen molar-refractivity contribution in [2.24, 2.45) is 0 Å². The van der Waals surface area contributed by atoms with E-state index in [1.54, 1.807) is 24.5 Å². The summed E-state index contributed by atoms with van der Waals surface area (Å²) in [6, 6.07) is 7.48. The number of rotatable bonds is 5. The molecule has 1 N–H and O–H groups in total. The zero-order valence-electron chi connectivity index (χ0n) is 17.4. The van der Waals surface area contributed by atoms with E-state index in [0.29, 0.717) is 36.0 Å². The van der Waals surface area contributed by atoms with Gasteiger partial charge in [-0.05, 0) is 18.6 Å². The molecule has 5 rings (SSSR count). The van der Waals surface area contributed by atoms with Gasteiger partial charge in [0.05, 0.1) is 49.5 Å². The van der Waals surface area contributed by atoms with Gasteiger partial charge in [-0.1, -0.05) is 18.2 Å². The van der Waals surface area contributed by atoms with Crippen LogP contribution in [0.25, 0.3) is 11.3 Å². The summed E-state index contributed by atoms with van der Waals surface area (Å²) in [5.41, 5.74) is 3.46. The summed E-state index contributed by atoms with van der Waals surface area (Å²) >= 11 is 0. The Morgan fingerprint density at radius 2 is 2.00 bits per heavy atom. The Hall–Kier alpha value is -3.30. The van der Waals surface area contributed by atoms with E-state index < -0.39 is 11.8 Å². The van der Waals surface area contributed by atoms with E-state index in [9.17, 15) is 4.79 Å². The van der Waals surface area contributed by atoms with Gasteiger partial charge in [0.1, 0.15) is 0 Å². The van der Waals surface area contributed by atoms with E-state index in [1.165, 1.54) is 7.11 Å². The van der Waals surface area contributed by atoms with Crippen LogP contribution in [0.5, 0.6) is 0 Å². The highest BCUT2D eigenvalue weighted by molar-refractivity contribution is 5.97. The molecule has 1 aromatic carbocycles. The van der Waals surface area contributed by atoms with Gasteiger partial charge in [-0.2, -0.15) is 5.10 Å². The summed E-state index contributed by atoms with van der Waals surface area (Å²) in [5.74, 6) is -0.392. The van der Waals surface area contributed by atoms with Gasteiger partial charge in [0, 0.05) is 30.8 Å². The third-order valence-electron chi connectivity index (χ3n) is 5.70. The van der Waals surface area contributed by atoms with Crippen molar-refractivity contribution in [2.75, 3.05) is 25.6 Å². The second-order valence-corrected chi connectivity index (χ2v) is 7.77. The van der Waals surface area contributed by atoms with Crippen molar-refractivity contribution in [3.05, 3.63) is 54.0 Å². The van der Waals surface area contributed by atoms with Crippen LogP contribution in [0.4, 0.5) is 11.6 Å². The molecule has 0 unspecified atom stereocenters. The van der Waals surface area contributed by atoms with Crippen LogP contribution in [0, 0.1) is 6.92 Å². The first-order chi connectivity index (χ1) is 15.1. The Kier molecular flexibility index (Phi) is 4.91. The molecular weight excluding hydrogens is 398 g/mol. The van der Waals surface area contributed by atoms with Crippen LogP contribution < -0.4 is 5.32 Å². The number of hydrogen-bond acceptors (Lipinski definition) is 8. The molecule has 2 aromatic heterocycles. The fourth-order valence-corrected chi connectivity index (χ4v) is 4.06. The van der Waals surface area contributed by atoms with Gasteiger partial charge in [-0.3, -0.25) is 4.68 Å². The molecule has 1 saturated carbocycles. The lowest BCUT2D eigenvalue weighted by Gasteiger charge is -2.42. The number of benzene rings is 1. The molecule has 31 heavy (non-hydrogen) atoms. The van der Waals surface area contributed by atoms with Gasteiger partial charge >= 0.3 is 5.97 Å². The lowest BCUT2D eigenvalue weighted by Crippen LogP contribution is -2.45. The molecule has 1 aliphatic heterocycles. The summed E-state index contributed by atoms with van der Waals surface area (Å²) in [5, 5.41) is 7.67. The van der Waals surface area contributed by atoms with Crippen molar-refractivity contribution in [2.45, 2.75) is 31.6 Å². The van der Waals surface area contributed by atoms with E-state index in [0.717, 1.165) is 24.1 Å². The average molecular weight is 421 g/mol. The first-order valence-corrected chi connectivity index (χ1v) is 10.2. The number of aromatic nitrogens is 4. The van der Waals surface area contributed by atoms with Gasteiger partial charge in [0.2, 0.25) is 5.95 Å². The molecule has 9 nitrogen and oxygen atoms in total. The fraction of sp³-hybridized carbons (Fsp3) is 0.364. The van der Waals surface area contributed by atoms with Crippen LogP contribution in [-0.4, -0.2) is 51.8 Å². The first kappa shape index (κ1) is 19.7. The maximum absolute atomic E-state index is 12.2. The summed E-state index contributed by atoms with van der Waals surface area (Å²) in [6.07, 6.45) is 6.99. The normalized spacial score (nSPS) is 17.5. The quantitative estimate of drug-likeness (QED) is 0.627. The maximum Gasteiger partial charge on any atom is 0.338 e. The Balaban J connectivity index is 1.35. The Morgan fingerprint density at radius 3 is 2.77 bits per heavy atom. The molecule has 1 aliphatic carbocycles. The molecule has 1 spiro atoms. The molecule has 3 heterocycles. The molecule has 0 bridgehead atoms. The largest absolute Gasteiger partial charge is 0.465 e. The van der Waals surface area contributed by atoms with Crippen molar-refractivity contribution in [1.29, 1.82) is 0 Å². The topological polar surface area (TPSA) is 100 Å². The molecule has 160 valence electrons. The second-order valence-electron chi connectivity index (χ2n) is 7.77. The minimum Gasteiger partial charge on any atom is -0.465 e. The minimum absolute atomic E-state index is 0.245. The van der Waals surface area contributed by atoms with Crippen molar-refractivity contribution in [1.82, 2.24) is 19.7 Å². The number of carbonyl (C=O) groups is 1. The number of esters is 1. The highest BCUT2D eigenvalue weighted by atomic mass is 16.7. The van der Waals surface area contributed by atoms with Crippen LogP contribution in [0.2, 0.25) is 0 Å². The number of methoxy groups -OCH3 is 1. The lowest BCUT2D eigenvalue weighted by atomic mass is 9.85. The number of carbonyl (C=O) groups excluding carboxylic acids is 1. The molecule has 3 aromatic rings. The molecule has 1 saturated heterocycles. The Labute approximate surface area is 179 Å². The summed E-state index contributed by atoms with van der Waals surface area (Å²) < 4.78 is 18.2. The molecule has 0 radical (unpaired) electrons. The molecular formula is C22H23N5O4. The highest BCUT2D eigenvalue weighted by Crippen LogP contribution is 2.46. The molecule has 9 heteroatoms. The standard InChI is InChI=1S/C22H23N5O4/c1-14-11-23-21(26-19(14)17-5-3-4-6-18(17)20(28)29-2)25-15-12-24-27(13-15)16-9-22(10-16)30-7-8-31-22/h3-6,11-13,16H,7-10H2,1-2H3,(H,23,25,26). The number of ether oxygens (including phenoxy) is 3. The smallest absolute Gasteiger partial charge is 0.338 e. The predicted molar refractivity (Wildman–Crippen MR) is 112 cm³/mol. The molecule has 2 aliphatic rings. The minimum atomic E-state index is -0.411. The maximum atomic E-state index is 12.2. The van der Waals surface area contributed by atoms with Crippen molar-refractivity contribution >= 4 is 17.6 Å². The number of nitrogens with zero attached hydrogens (tertiary/aromatic N) is 4. The van der Waals surface area contributed by atoms with Crippen LogP contribution in [0.15, 0.2) is 42.9 Å². The van der Waals surface area contributed by atoms with E-state index in [2.05, 4.69) is 20.4 Å². The van der Waals surface area contributed by atoms with Crippen LogP contribution in [-0.2, 0) is 14.2 Å². The SMILES string of the molecule is COC(=O)c1ccccc1-c1nc(Nc2cnn(C3CC4(C3)OCCO4)c2)ncc1C. The Morgan fingerprint density at radius 1 is 1.23 bits per heavy atom. The van der Waals surface area contributed by atoms with Crippen molar-refractivity contribution in [3.8, 4) is 11.3 Å². The Bertz CT molecular complexity index is 1110. The van der Waals surface area contributed by atoms with Gasteiger partial charge in [-0.25, -0.2) is 14.8 Å². The number of nitrogens with one attached hydrogen (secondary N) is 1. The van der Waals surface area contributed by atoms with E-state index in [4.69, 9.17) is 14.2 Å². The average Bonchev–Trinajstić information content (AvgIpc) is 3.43. The van der Waals surface area contributed by atoms with Crippen LogP contribution in [0.1, 0.15) is 34.8 Å². The van der Waals surface area contributed by atoms with E-state index in [-0.39, 0.29) is 6.04 Å². The number of aryl methyl sites for hydroxylation is 1. The summed E-state index contributed by atoms with van der Waals surface area (Å²) in [7, 11) is 1.37. The zero-order chi connectivity index (χ0) is 21.4. The number of anilines is 2. The van der Waals surface area contributed by atoms with Crippen LogP contribution >= 0.6 is 0 Å². The third-order valence-corrected chi connectivity index (χ3v) is 5.70. The third kappa shape index (κ3) is 3.66. The van der Waals surface area contributed by atoms with Gasteiger partial charge < -0.3 is 19.5 Å². The van der Waals surface area contributed by atoms with Gasteiger partial charge in [-0.15, -0.1) is 0 Å². The first-order valence-electron chi connectivity index (χ1n) is 10.2. The van der Waals surface area contributed by atoms with Crippen molar-refractivity contribution in [3.63, 3.8) is 0 Å². The molecule has 0 atom stereocenters. The highest BCUT2D eigenvalue weighted by Gasteiger charge is 2.50. The monoisotopic (exact) mass is 421 g/mol. The van der Waals surface area contributed by atoms with Gasteiger partial charge in [0.15, 0.2) is 5.79 Å². The van der Waals surface area contributed by atoms with Gasteiger partial charge in [0.25, 0.3) is 0 Å². The lowest BCUT2D eigenvalue weighted by molar-refractivity contribution is -0.227. The van der Waals surface area contributed by atoms with Crippen molar-refractivity contribution < 1.29 is 19.0 Å². The summed E-state index contributed by atoms with van der Waals surface area (Å²) in [6.45, 7) is 3.22. The second kappa shape index (κ2) is 7.75. The predicted octanol–water partition coefficient (Wildman–Crippen LogP) is 3.26. The van der Waals surface area contributed by atoms with E-state index in [1.807, 2.05) is 29.9 Å².